The molecule has 1 atom stereocenters. The second kappa shape index (κ2) is 6.25. The third-order valence-electron chi connectivity index (χ3n) is 3.72. The zero-order valence-corrected chi connectivity index (χ0v) is 12.8. The van der Waals surface area contributed by atoms with Crippen molar-refractivity contribution < 1.29 is 32.5 Å². The van der Waals surface area contributed by atoms with E-state index in [1.165, 1.54) is 18.2 Å². The number of benzene rings is 2. The largest absolute Gasteiger partial charge is 0.478 e. The number of para-hydroxylation sites is 1. The number of fused-ring (bicyclic) bond motifs is 1. The summed E-state index contributed by atoms with van der Waals surface area (Å²) in [5.41, 5.74) is -0.323. The Hall–Kier alpha value is -2.80. The first kappa shape index (κ1) is 17.0. The van der Waals surface area contributed by atoms with Crippen molar-refractivity contribution in [2.45, 2.75) is 18.6 Å². The van der Waals surface area contributed by atoms with Gasteiger partial charge in [0.05, 0.1) is 6.61 Å². The highest BCUT2D eigenvalue weighted by molar-refractivity contribution is 5.95. The van der Waals surface area contributed by atoms with Crippen LogP contribution in [0.3, 0.4) is 0 Å². The molecule has 0 spiro atoms. The van der Waals surface area contributed by atoms with Crippen LogP contribution >= 0.6 is 0 Å². The van der Waals surface area contributed by atoms with E-state index in [4.69, 9.17) is 9.47 Å². The Morgan fingerprint density at radius 2 is 1.72 bits per heavy atom. The molecule has 3 rings (SSSR count). The van der Waals surface area contributed by atoms with Crippen LogP contribution < -0.4 is 4.74 Å². The van der Waals surface area contributed by atoms with E-state index >= 15 is 0 Å². The maximum atomic E-state index is 13.8. The number of carboxylic acid groups (broad SMARTS) is 1. The lowest BCUT2D eigenvalue weighted by Crippen LogP contribution is -2.56. The van der Waals surface area contributed by atoms with Gasteiger partial charge in [0.1, 0.15) is 11.3 Å². The molecular formula is C18H13F3O4. The van der Waals surface area contributed by atoms with Gasteiger partial charge in [0.25, 0.3) is 0 Å². The Morgan fingerprint density at radius 1 is 1.08 bits per heavy atom. The van der Waals surface area contributed by atoms with Crippen LogP contribution in [0, 0.1) is 0 Å². The van der Waals surface area contributed by atoms with Crippen LogP contribution in [0.2, 0.25) is 0 Å². The van der Waals surface area contributed by atoms with Crippen molar-refractivity contribution in [3.63, 3.8) is 0 Å². The molecule has 0 saturated heterocycles. The number of carboxylic acids is 1. The minimum absolute atomic E-state index is 0.0992. The minimum Gasteiger partial charge on any atom is -0.478 e. The summed E-state index contributed by atoms with van der Waals surface area (Å²) in [6.07, 6.45) is -4.17. The van der Waals surface area contributed by atoms with Crippen molar-refractivity contribution in [2.24, 2.45) is 0 Å². The summed E-state index contributed by atoms with van der Waals surface area (Å²) in [6, 6.07) is 14.0. The van der Waals surface area contributed by atoms with Crippen LogP contribution in [0.25, 0.3) is 6.08 Å². The molecule has 7 heteroatoms. The Bertz CT molecular complexity index is 815. The van der Waals surface area contributed by atoms with Crippen LogP contribution in [0.15, 0.2) is 60.2 Å². The zero-order chi connectivity index (χ0) is 18.1. The van der Waals surface area contributed by atoms with Crippen LogP contribution in [-0.2, 0) is 16.1 Å². The third-order valence-corrected chi connectivity index (χ3v) is 3.72. The molecule has 4 nitrogen and oxygen atoms in total. The van der Waals surface area contributed by atoms with Gasteiger partial charge in [-0.1, -0.05) is 48.5 Å². The lowest BCUT2D eigenvalue weighted by molar-refractivity contribution is -0.337. The second-order valence-corrected chi connectivity index (χ2v) is 5.39. The Balaban J connectivity index is 2.06. The molecule has 0 aromatic heterocycles. The normalized spacial score (nSPS) is 19.6. The predicted molar refractivity (Wildman–Crippen MR) is 82.7 cm³/mol. The van der Waals surface area contributed by atoms with Gasteiger partial charge in [0, 0.05) is 5.56 Å². The summed E-state index contributed by atoms with van der Waals surface area (Å²) in [7, 11) is 0. The number of aliphatic carboxylic acids is 1. The number of carbonyl (C=O) groups is 1. The quantitative estimate of drug-likeness (QED) is 0.905. The summed E-state index contributed by atoms with van der Waals surface area (Å²) < 4.78 is 51.7. The summed E-state index contributed by atoms with van der Waals surface area (Å²) >= 11 is 0. The standard InChI is InChI=1S/C18H13F3O4/c19-18(20,21)17(24-11-12-6-2-1-3-7-12)14(16(22)23)10-13-8-4-5-9-15(13)25-17/h1-10H,11H2,(H,22,23). The average Bonchev–Trinajstić information content (AvgIpc) is 2.59. The first-order chi connectivity index (χ1) is 11.8. The minimum atomic E-state index is -5.10. The van der Waals surface area contributed by atoms with Crippen LogP contribution in [0.5, 0.6) is 5.75 Å². The first-order valence-corrected chi connectivity index (χ1v) is 7.31. The highest BCUT2D eigenvalue weighted by atomic mass is 19.4. The summed E-state index contributed by atoms with van der Waals surface area (Å²) in [4.78, 5) is 11.5. The zero-order valence-electron chi connectivity index (χ0n) is 12.8. The van der Waals surface area contributed by atoms with Gasteiger partial charge in [-0.15, -0.1) is 0 Å². The molecule has 0 amide bonds. The average molecular weight is 350 g/mol. The molecule has 1 aliphatic rings. The molecule has 0 fully saturated rings. The highest BCUT2D eigenvalue weighted by Crippen LogP contribution is 2.46. The fourth-order valence-corrected chi connectivity index (χ4v) is 2.51. The second-order valence-electron chi connectivity index (χ2n) is 5.39. The van der Waals surface area contributed by atoms with E-state index in [9.17, 15) is 23.1 Å². The van der Waals surface area contributed by atoms with Crippen LogP contribution in [0.1, 0.15) is 11.1 Å². The Kier molecular flexibility index (Phi) is 4.26. The van der Waals surface area contributed by atoms with Gasteiger partial charge in [0.15, 0.2) is 0 Å². The topological polar surface area (TPSA) is 55.8 Å². The summed E-state index contributed by atoms with van der Waals surface area (Å²) in [6.45, 7) is -0.465. The van der Waals surface area contributed by atoms with Crippen molar-refractivity contribution in [3.05, 3.63) is 71.3 Å². The number of alkyl halides is 3. The fourth-order valence-electron chi connectivity index (χ4n) is 2.51. The van der Waals surface area contributed by atoms with E-state index < -0.39 is 30.1 Å². The highest BCUT2D eigenvalue weighted by Gasteiger charge is 2.65. The fraction of sp³-hybridized carbons (Fsp3) is 0.167. The number of hydrogen-bond acceptors (Lipinski definition) is 3. The van der Waals surface area contributed by atoms with E-state index in [-0.39, 0.29) is 11.3 Å². The number of halogens is 3. The van der Waals surface area contributed by atoms with Crippen molar-refractivity contribution in [1.29, 1.82) is 0 Å². The molecule has 2 aromatic rings. The first-order valence-electron chi connectivity index (χ1n) is 7.31. The molecule has 1 unspecified atom stereocenters. The van der Waals surface area contributed by atoms with Crippen molar-refractivity contribution in [2.75, 3.05) is 0 Å². The SMILES string of the molecule is O=C(O)C1=Cc2ccccc2OC1(OCc1ccccc1)C(F)(F)F. The van der Waals surface area contributed by atoms with E-state index in [0.29, 0.717) is 5.56 Å². The van der Waals surface area contributed by atoms with Gasteiger partial charge in [-0.3, -0.25) is 0 Å². The lowest BCUT2D eigenvalue weighted by Gasteiger charge is -2.38. The molecule has 1 N–H and O–H groups in total. The number of ether oxygens (including phenoxy) is 2. The van der Waals surface area contributed by atoms with Crippen LogP contribution in [0.4, 0.5) is 13.2 Å². The maximum absolute atomic E-state index is 13.8. The van der Waals surface area contributed by atoms with Gasteiger partial charge in [-0.2, -0.15) is 13.2 Å². The van der Waals surface area contributed by atoms with E-state index in [2.05, 4.69) is 0 Å². The van der Waals surface area contributed by atoms with E-state index in [0.717, 1.165) is 6.08 Å². The lowest BCUT2D eigenvalue weighted by atomic mass is 9.97. The predicted octanol–water partition coefficient (Wildman–Crippen LogP) is 4.02. The molecule has 2 aromatic carbocycles. The van der Waals surface area contributed by atoms with Crippen molar-refractivity contribution >= 4 is 12.0 Å². The van der Waals surface area contributed by atoms with E-state index in [1.54, 1.807) is 36.4 Å². The number of rotatable bonds is 4. The van der Waals surface area contributed by atoms with Gasteiger partial charge in [-0.25, -0.2) is 4.79 Å². The molecule has 25 heavy (non-hydrogen) atoms. The molecule has 0 bridgehead atoms. The molecule has 1 aliphatic heterocycles. The number of hydrogen-bond donors (Lipinski definition) is 1. The molecule has 1 heterocycles. The molecular weight excluding hydrogens is 337 g/mol. The monoisotopic (exact) mass is 350 g/mol. The van der Waals surface area contributed by atoms with Crippen molar-refractivity contribution in [3.8, 4) is 5.75 Å². The van der Waals surface area contributed by atoms with Gasteiger partial charge >= 0.3 is 17.9 Å². The molecule has 0 radical (unpaired) electrons. The van der Waals surface area contributed by atoms with Crippen molar-refractivity contribution in [1.82, 2.24) is 0 Å². The molecule has 130 valence electrons. The molecule has 0 saturated carbocycles. The van der Waals surface area contributed by atoms with E-state index in [1.807, 2.05) is 0 Å². The third kappa shape index (κ3) is 3.10. The summed E-state index contributed by atoms with van der Waals surface area (Å²) in [5.74, 6) is -5.25. The Morgan fingerprint density at radius 3 is 2.36 bits per heavy atom. The smallest absolute Gasteiger partial charge is 0.460 e. The maximum Gasteiger partial charge on any atom is 0.460 e. The van der Waals surface area contributed by atoms with Crippen LogP contribution in [-0.4, -0.2) is 23.0 Å². The summed E-state index contributed by atoms with van der Waals surface area (Å²) in [5, 5.41) is 9.33. The molecule has 0 aliphatic carbocycles. The van der Waals surface area contributed by atoms with Gasteiger partial charge < -0.3 is 14.6 Å². The van der Waals surface area contributed by atoms with Gasteiger partial charge in [-0.05, 0) is 17.7 Å². The van der Waals surface area contributed by atoms with Gasteiger partial charge in [0.2, 0.25) is 0 Å². The Labute approximate surface area is 141 Å².